The first kappa shape index (κ1) is 15.2. The Morgan fingerprint density at radius 3 is 2.42 bits per heavy atom. The number of sulfone groups is 1. The van der Waals surface area contributed by atoms with Crippen LogP contribution in [-0.4, -0.2) is 31.2 Å². The lowest BCUT2D eigenvalue weighted by Crippen LogP contribution is -2.23. The number of amides is 1. The maximum absolute atomic E-state index is 11.9. The predicted octanol–water partition coefficient (Wildman–Crippen LogP) is 0.421. The van der Waals surface area contributed by atoms with Crippen LogP contribution < -0.4 is 5.73 Å². The molecule has 0 aliphatic rings. The third-order valence-electron chi connectivity index (χ3n) is 2.58. The Labute approximate surface area is 111 Å². The molecule has 0 saturated heterocycles. The summed E-state index contributed by atoms with van der Waals surface area (Å²) in [6, 6.07) is 6.10. The van der Waals surface area contributed by atoms with E-state index < -0.39 is 39.1 Å². The van der Waals surface area contributed by atoms with Gasteiger partial charge in [-0.25, -0.2) is 8.42 Å². The van der Waals surface area contributed by atoms with Gasteiger partial charge in [0.2, 0.25) is 5.91 Å². The zero-order chi connectivity index (χ0) is 14.6. The summed E-state index contributed by atoms with van der Waals surface area (Å²) in [5, 5.41) is 8.72. The van der Waals surface area contributed by atoms with Gasteiger partial charge in [-0.15, -0.1) is 0 Å². The van der Waals surface area contributed by atoms with Crippen LogP contribution in [0.3, 0.4) is 0 Å². The monoisotopic (exact) mass is 285 g/mol. The Kier molecular flexibility index (Phi) is 4.66. The topological polar surface area (TPSA) is 115 Å². The molecule has 0 radical (unpaired) electrons. The Balaban J connectivity index is 2.96. The molecule has 1 atom stereocenters. The fourth-order valence-corrected chi connectivity index (χ4v) is 3.38. The van der Waals surface area contributed by atoms with E-state index in [0.29, 0.717) is 0 Å². The molecular weight excluding hydrogens is 270 g/mol. The Bertz CT molecular complexity index is 594. The first-order valence-corrected chi connectivity index (χ1v) is 7.36. The van der Waals surface area contributed by atoms with Crippen LogP contribution in [0.2, 0.25) is 0 Å². The van der Waals surface area contributed by atoms with Crippen LogP contribution in [0.5, 0.6) is 0 Å². The minimum absolute atomic E-state index is 0.133. The molecule has 1 unspecified atom stereocenters. The minimum atomic E-state index is -3.62. The van der Waals surface area contributed by atoms with E-state index in [2.05, 4.69) is 0 Å². The van der Waals surface area contributed by atoms with Gasteiger partial charge in [-0.3, -0.25) is 9.59 Å². The van der Waals surface area contributed by atoms with E-state index in [-0.39, 0.29) is 11.1 Å². The summed E-state index contributed by atoms with van der Waals surface area (Å²) < 4.78 is 23.7. The first-order chi connectivity index (χ1) is 8.73. The van der Waals surface area contributed by atoms with Gasteiger partial charge in [-0.05, 0) is 11.6 Å². The number of primary amides is 1. The average molecular weight is 285 g/mol. The van der Waals surface area contributed by atoms with E-state index in [4.69, 9.17) is 10.8 Å². The Morgan fingerprint density at radius 1 is 1.32 bits per heavy atom. The van der Waals surface area contributed by atoms with E-state index in [1.807, 2.05) is 0 Å². The normalized spacial score (nSPS) is 12.9. The van der Waals surface area contributed by atoms with Gasteiger partial charge in [0.15, 0.2) is 9.84 Å². The van der Waals surface area contributed by atoms with Crippen molar-refractivity contribution >= 4 is 21.7 Å². The number of nitrogens with two attached hydrogens (primary N) is 1. The first-order valence-electron chi connectivity index (χ1n) is 5.54. The molecule has 1 aromatic carbocycles. The molecule has 3 N–H and O–H groups in total. The van der Waals surface area contributed by atoms with Gasteiger partial charge >= 0.3 is 5.97 Å². The molecule has 6 nitrogen and oxygen atoms in total. The van der Waals surface area contributed by atoms with Gasteiger partial charge in [-0.1, -0.05) is 25.1 Å². The lowest BCUT2D eigenvalue weighted by atomic mass is 10.1. The van der Waals surface area contributed by atoms with Crippen molar-refractivity contribution in [3.8, 4) is 0 Å². The zero-order valence-electron chi connectivity index (χ0n) is 10.4. The average Bonchev–Trinajstić information content (AvgIpc) is 2.27. The molecule has 0 saturated carbocycles. The van der Waals surface area contributed by atoms with Crippen molar-refractivity contribution in [3.63, 3.8) is 0 Å². The van der Waals surface area contributed by atoms with Gasteiger partial charge in [0.25, 0.3) is 0 Å². The van der Waals surface area contributed by atoms with Crippen molar-refractivity contribution in [2.24, 2.45) is 11.7 Å². The summed E-state index contributed by atoms with van der Waals surface area (Å²) in [5.74, 6) is -3.76. The summed E-state index contributed by atoms with van der Waals surface area (Å²) in [7, 11) is -3.62. The van der Waals surface area contributed by atoms with Crippen LogP contribution in [0, 0.1) is 5.92 Å². The molecule has 1 rings (SSSR count). The van der Waals surface area contributed by atoms with Crippen molar-refractivity contribution in [3.05, 3.63) is 35.4 Å². The van der Waals surface area contributed by atoms with Crippen LogP contribution in [0.4, 0.5) is 0 Å². The molecular formula is C12H15NO5S. The molecule has 0 aliphatic heterocycles. The van der Waals surface area contributed by atoms with Crippen molar-refractivity contribution < 1.29 is 23.1 Å². The highest BCUT2D eigenvalue weighted by molar-refractivity contribution is 7.90. The SMILES string of the molecule is CC(CS(=O)(=O)Cc1ccccc1C(N)=O)C(=O)O. The molecule has 0 fully saturated rings. The van der Waals surface area contributed by atoms with Crippen LogP contribution in [0.15, 0.2) is 24.3 Å². The van der Waals surface area contributed by atoms with Crippen molar-refractivity contribution in [2.45, 2.75) is 12.7 Å². The maximum Gasteiger partial charge on any atom is 0.307 e. The second kappa shape index (κ2) is 5.83. The van der Waals surface area contributed by atoms with E-state index in [9.17, 15) is 18.0 Å². The van der Waals surface area contributed by atoms with E-state index in [1.54, 1.807) is 12.1 Å². The smallest absolute Gasteiger partial charge is 0.307 e. The number of hydrogen-bond donors (Lipinski definition) is 2. The van der Waals surface area contributed by atoms with E-state index in [1.165, 1.54) is 19.1 Å². The molecule has 1 aromatic rings. The number of hydrogen-bond acceptors (Lipinski definition) is 4. The summed E-state index contributed by atoms with van der Waals surface area (Å²) in [6.45, 7) is 1.32. The highest BCUT2D eigenvalue weighted by Gasteiger charge is 2.22. The third kappa shape index (κ3) is 4.36. The second-order valence-corrected chi connectivity index (χ2v) is 6.42. The molecule has 0 aliphatic carbocycles. The predicted molar refractivity (Wildman–Crippen MR) is 69.3 cm³/mol. The number of carbonyl (C=O) groups is 2. The number of carbonyl (C=O) groups excluding carboxylic acids is 1. The lowest BCUT2D eigenvalue weighted by molar-refractivity contribution is -0.140. The van der Waals surface area contributed by atoms with Crippen LogP contribution >= 0.6 is 0 Å². The van der Waals surface area contributed by atoms with Gasteiger partial charge in [0.05, 0.1) is 17.4 Å². The standard InChI is InChI=1S/C12H15NO5S/c1-8(12(15)16)6-19(17,18)7-9-4-2-3-5-10(9)11(13)14/h2-5,8H,6-7H2,1H3,(H2,13,14)(H,15,16). The van der Waals surface area contributed by atoms with Crippen molar-refractivity contribution in [2.75, 3.05) is 5.75 Å². The molecule has 0 aromatic heterocycles. The lowest BCUT2D eigenvalue weighted by Gasteiger charge is -2.10. The molecule has 0 bridgehead atoms. The van der Waals surface area contributed by atoms with Crippen LogP contribution in [0.25, 0.3) is 0 Å². The van der Waals surface area contributed by atoms with Gasteiger partial charge < -0.3 is 10.8 Å². The number of carboxylic acids is 1. The fourth-order valence-electron chi connectivity index (χ4n) is 1.63. The van der Waals surface area contributed by atoms with E-state index in [0.717, 1.165) is 0 Å². The summed E-state index contributed by atoms with van der Waals surface area (Å²) >= 11 is 0. The van der Waals surface area contributed by atoms with Crippen molar-refractivity contribution in [1.82, 2.24) is 0 Å². The number of aliphatic carboxylic acids is 1. The van der Waals surface area contributed by atoms with Crippen LogP contribution in [-0.2, 0) is 20.4 Å². The highest BCUT2D eigenvalue weighted by Crippen LogP contribution is 2.14. The van der Waals surface area contributed by atoms with Crippen molar-refractivity contribution in [1.29, 1.82) is 0 Å². The maximum atomic E-state index is 11.9. The second-order valence-electron chi connectivity index (χ2n) is 4.32. The summed E-state index contributed by atoms with van der Waals surface area (Å²) in [4.78, 5) is 21.8. The Morgan fingerprint density at radius 2 is 1.89 bits per heavy atom. The van der Waals surface area contributed by atoms with Gasteiger partial charge in [0, 0.05) is 5.56 Å². The highest BCUT2D eigenvalue weighted by atomic mass is 32.2. The third-order valence-corrected chi connectivity index (χ3v) is 4.34. The number of benzene rings is 1. The zero-order valence-corrected chi connectivity index (χ0v) is 11.2. The number of rotatable bonds is 6. The molecule has 1 amide bonds. The Hall–Kier alpha value is -1.89. The minimum Gasteiger partial charge on any atom is -0.481 e. The van der Waals surface area contributed by atoms with Gasteiger partial charge in [0.1, 0.15) is 0 Å². The number of carboxylic acid groups (broad SMARTS) is 1. The quantitative estimate of drug-likeness (QED) is 0.786. The molecule has 0 heterocycles. The van der Waals surface area contributed by atoms with Gasteiger partial charge in [-0.2, -0.15) is 0 Å². The molecule has 104 valence electrons. The van der Waals surface area contributed by atoms with E-state index >= 15 is 0 Å². The molecule has 0 spiro atoms. The fraction of sp³-hybridized carbons (Fsp3) is 0.333. The summed E-state index contributed by atoms with van der Waals surface area (Å²) in [6.07, 6.45) is 0. The molecule has 7 heteroatoms. The van der Waals surface area contributed by atoms with Crippen LogP contribution in [0.1, 0.15) is 22.8 Å². The summed E-state index contributed by atoms with van der Waals surface area (Å²) in [5.41, 5.74) is 5.57. The largest absolute Gasteiger partial charge is 0.481 e. The molecule has 19 heavy (non-hydrogen) atoms.